The van der Waals surface area contributed by atoms with E-state index in [-0.39, 0.29) is 24.1 Å². The molecule has 0 aliphatic carbocycles. The predicted molar refractivity (Wildman–Crippen MR) is 92.2 cm³/mol. The average molecular weight is 331 g/mol. The third-order valence-electron chi connectivity index (χ3n) is 4.78. The molecule has 1 aromatic rings. The Kier molecular flexibility index (Phi) is 5.04. The van der Waals surface area contributed by atoms with Crippen LogP contribution in [-0.2, 0) is 9.53 Å². The number of aryl methyl sites for hydroxylation is 2. The summed E-state index contributed by atoms with van der Waals surface area (Å²) in [5.41, 5.74) is 3.26. The topological polar surface area (TPSA) is 70.7 Å². The van der Waals surface area contributed by atoms with Crippen LogP contribution in [0.15, 0.2) is 18.2 Å². The molecule has 6 heteroatoms. The first kappa shape index (κ1) is 16.8. The van der Waals surface area contributed by atoms with Crippen molar-refractivity contribution in [1.29, 1.82) is 0 Å². The standard InChI is InChI=1S/C18H25N3O3/c1-12-5-6-15(8-13(12)2)21-11-14(9-17(21)22)20-18(23)19-10-16-4-3-7-24-16/h5-6,8,14,16H,3-4,7,9-11H2,1-2H3,(H2,19,20,23). The number of urea groups is 1. The molecule has 2 fully saturated rings. The van der Waals surface area contributed by atoms with Crippen molar-refractivity contribution >= 4 is 17.6 Å². The van der Waals surface area contributed by atoms with Gasteiger partial charge in [0.1, 0.15) is 0 Å². The van der Waals surface area contributed by atoms with Gasteiger partial charge in [0.15, 0.2) is 0 Å². The highest BCUT2D eigenvalue weighted by Gasteiger charge is 2.31. The van der Waals surface area contributed by atoms with Crippen LogP contribution >= 0.6 is 0 Å². The zero-order chi connectivity index (χ0) is 17.1. The van der Waals surface area contributed by atoms with Crippen molar-refractivity contribution in [2.24, 2.45) is 0 Å². The minimum Gasteiger partial charge on any atom is -0.376 e. The molecule has 3 rings (SSSR count). The largest absolute Gasteiger partial charge is 0.376 e. The summed E-state index contributed by atoms with van der Waals surface area (Å²) in [5, 5.41) is 5.72. The fraction of sp³-hybridized carbons (Fsp3) is 0.556. The maximum Gasteiger partial charge on any atom is 0.315 e. The molecule has 3 amide bonds. The highest BCUT2D eigenvalue weighted by molar-refractivity contribution is 5.96. The Morgan fingerprint density at radius 2 is 2.17 bits per heavy atom. The van der Waals surface area contributed by atoms with E-state index in [1.165, 1.54) is 5.56 Å². The van der Waals surface area contributed by atoms with Gasteiger partial charge in [-0.05, 0) is 49.9 Å². The molecule has 0 bridgehead atoms. The van der Waals surface area contributed by atoms with Gasteiger partial charge >= 0.3 is 6.03 Å². The molecule has 0 spiro atoms. The highest BCUT2D eigenvalue weighted by atomic mass is 16.5. The summed E-state index contributed by atoms with van der Waals surface area (Å²) in [5.74, 6) is 0.0441. The van der Waals surface area contributed by atoms with Crippen LogP contribution in [0, 0.1) is 13.8 Å². The number of nitrogens with zero attached hydrogens (tertiary/aromatic N) is 1. The van der Waals surface area contributed by atoms with E-state index >= 15 is 0 Å². The lowest BCUT2D eigenvalue weighted by Crippen LogP contribution is -2.45. The Morgan fingerprint density at radius 3 is 2.88 bits per heavy atom. The van der Waals surface area contributed by atoms with E-state index in [9.17, 15) is 9.59 Å². The number of anilines is 1. The van der Waals surface area contributed by atoms with Crippen LogP contribution < -0.4 is 15.5 Å². The SMILES string of the molecule is Cc1ccc(N2CC(NC(=O)NCC3CCCO3)CC2=O)cc1C. The molecule has 130 valence electrons. The molecule has 0 radical (unpaired) electrons. The molecule has 2 saturated heterocycles. The summed E-state index contributed by atoms with van der Waals surface area (Å²) in [6.07, 6.45) is 2.49. The van der Waals surface area contributed by atoms with Crippen LogP contribution in [0.5, 0.6) is 0 Å². The molecule has 2 aliphatic rings. The molecule has 0 aromatic heterocycles. The zero-order valence-electron chi connectivity index (χ0n) is 14.3. The van der Waals surface area contributed by atoms with Gasteiger partial charge in [-0.25, -0.2) is 4.79 Å². The third-order valence-corrected chi connectivity index (χ3v) is 4.78. The Morgan fingerprint density at radius 1 is 1.33 bits per heavy atom. The maximum absolute atomic E-state index is 12.3. The zero-order valence-corrected chi connectivity index (χ0v) is 14.3. The number of nitrogens with one attached hydrogen (secondary N) is 2. The number of ether oxygens (including phenoxy) is 1. The first-order valence-electron chi connectivity index (χ1n) is 8.56. The quantitative estimate of drug-likeness (QED) is 0.885. The molecular formula is C18H25N3O3. The lowest BCUT2D eigenvalue weighted by molar-refractivity contribution is -0.117. The summed E-state index contributed by atoms with van der Waals surface area (Å²) >= 11 is 0. The fourth-order valence-corrected chi connectivity index (χ4v) is 3.20. The van der Waals surface area contributed by atoms with E-state index in [1.54, 1.807) is 4.90 Å². The normalized spacial score (nSPS) is 23.6. The first-order valence-corrected chi connectivity index (χ1v) is 8.56. The van der Waals surface area contributed by atoms with E-state index in [0.717, 1.165) is 30.7 Å². The van der Waals surface area contributed by atoms with Crippen molar-refractivity contribution in [3.63, 3.8) is 0 Å². The van der Waals surface area contributed by atoms with Crippen LogP contribution in [0.2, 0.25) is 0 Å². The lowest BCUT2D eigenvalue weighted by Gasteiger charge is -2.19. The molecule has 1 aromatic carbocycles. The summed E-state index contributed by atoms with van der Waals surface area (Å²) in [6.45, 7) is 5.89. The molecular weight excluding hydrogens is 306 g/mol. The highest BCUT2D eigenvalue weighted by Crippen LogP contribution is 2.24. The van der Waals surface area contributed by atoms with E-state index in [1.807, 2.05) is 32.0 Å². The van der Waals surface area contributed by atoms with Gasteiger partial charge in [0.25, 0.3) is 0 Å². The van der Waals surface area contributed by atoms with E-state index in [4.69, 9.17) is 4.74 Å². The Bertz CT molecular complexity index is 626. The second-order valence-corrected chi connectivity index (χ2v) is 6.66. The van der Waals surface area contributed by atoms with E-state index in [2.05, 4.69) is 10.6 Å². The number of hydrogen-bond donors (Lipinski definition) is 2. The summed E-state index contributed by atoms with van der Waals surface area (Å²) in [4.78, 5) is 26.0. The molecule has 24 heavy (non-hydrogen) atoms. The molecule has 2 aliphatic heterocycles. The van der Waals surface area contributed by atoms with Crippen molar-refractivity contribution < 1.29 is 14.3 Å². The van der Waals surface area contributed by atoms with Gasteiger partial charge in [0.2, 0.25) is 5.91 Å². The molecule has 2 atom stereocenters. The Hall–Kier alpha value is -2.08. The monoisotopic (exact) mass is 331 g/mol. The number of rotatable bonds is 4. The third kappa shape index (κ3) is 3.87. The fourth-order valence-electron chi connectivity index (χ4n) is 3.20. The first-order chi connectivity index (χ1) is 11.5. The van der Waals surface area contributed by atoms with Crippen molar-refractivity contribution in [2.75, 3.05) is 24.6 Å². The minimum absolute atomic E-state index is 0.0441. The van der Waals surface area contributed by atoms with Gasteiger partial charge in [-0.3, -0.25) is 4.79 Å². The molecule has 2 N–H and O–H groups in total. The van der Waals surface area contributed by atoms with Crippen molar-refractivity contribution in [3.05, 3.63) is 29.3 Å². The van der Waals surface area contributed by atoms with Crippen molar-refractivity contribution in [2.45, 2.75) is 45.3 Å². The number of amides is 3. The molecule has 6 nitrogen and oxygen atoms in total. The van der Waals surface area contributed by atoms with Crippen molar-refractivity contribution in [3.8, 4) is 0 Å². The summed E-state index contributed by atoms with van der Waals surface area (Å²) in [7, 11) is 0. The summed E-state index contributed by atoms with van der Waals surface area (Å²) in [6, 6.07) is 5.61. The van der Waals surface area contributed by atoms with Gasteiger partial charge in [-0.15, -0.1) is 0 Å². The smallest absolute Gasteiger partial charge is 0.315 e. The van der Waals surface area contributed by atoms with Crippen LogP contribution in [0.25, 0.3) is 0 Å². The van der Waals surface area contributed by atoms with Crippen LogP contribution in [0.3, 0.4) is 0 Å². The van der Waals surface area contributed by atoms with Gasteiger partial charge in [-0.1, -0.05) is 6.07 Å². The number of hydrogen-bond acceptors (Lipinski definition) is 3. The number of carbonyl (C=O) groups excluding carboxylic acids is 2. The number of benzene rings is 1. The molecule has 0 saturated carbocycles. The lowest BCUT2D eigenvalue weighted by atomic mass is 10.1. The van der Waals surface area contributed by atoms with Crippen LogP contribution in [-0.4, -0.2) is 43.8 Å². The maximum atomic E-state index is 12.3. The van der Waals surface area contributed by atoms with Gasteiger partial charge in [0, 0.05) is 31.8 Å². The van der Waals surface area contributed by atoms with E-state index < -0.39 is 0 Å². The van der Waals surface area contributed by atoms with Gasteiger partial charge in [-0.2, -0.15) is 0 Å². The average Bonchev–Trinajstić information content (AvgIpc) is 3.18. The second kappa shape index (κ2) is 7.21. The van der Waals surface area contributed by atoms with Crippen LogP contribution in [0.1, 0.15) is 30.4 Å². The predicted octanol–water partition coefficient (Wildman–Crippen LogP) is 1.89. The van der Waals surface area contributed by atoms with Gasteiger partial charge in [0.05, 0.1) is 12.1 Å². The molecule has 2 heterocycles. The minimum atomic E-state index is -0.231. The molecule has 2 unspecified atom stereocenters. The van der Waals surface area contributed by atoms with Crippen LogP contribution in [0.4, 0.5) is 10.5 Å². The summed E-state index contributed by atoms with van der Waals surface area (Å²) < 4.78 is 5.48. The second-order valence-electron chi connectivity index (χ2n) is 6.66. The Balaban J connectivity index is 1.52. The van der Waals surface area contributed by atoms with Gasteiger partial charge < -0.3 is 20.3 Å². The van der Waals surface area contributed by atoms with Crippen molar-refractivity contribution in [1.82, 2.24) is 10.6 Å². The van der Waals surface area contributed by atoms with E-state index in [0.29, 0.717) is 19.5 Å². The number of carbonyl (C=O) groups is 2. The Labute approximate surface area is 142 Å².